The molecule has 0 aromatic heterocycles. The average Bonchev–Trinajstić information content (AvgIpc) is 2.30. The number of aromatic hydroxyl groups is 1. The minimum atomic E-state index is -3.40. The summed E-state index contributed by atoms with van der Waals surface area (Å²) in [6.07, 6.45) is 0. The fourth-order valence-corrected chi connectivity index (χ4v) is 2.94. The minimum Gasteiger partial charge on any atom is -0.508 e. The van der Waals surface area contributed by atoms with Crippen LogP contribution in [0.1, 0.15) is 5.56 Å². The van der Waals surface area contributed by atoms with Crippen LogP contribution in [0.4, 0.5) is 0 Å². The third kappa shape index (κ3) is 2.85. The van der Waals surface area contributed by atoms with Gasteiger partial charge in [0.15, 0.2) is 9.84 Å². The van der Waals surface area contributed by atoms with Crippen LogP contribution >= 0.6 is 0 Å². The lowest BCUT2D eigenvalue weighted by Crippen LogP contribution is -2.04. The molecule has 2 aromatic rings. The summed E-state index contributed by atoms with van der Waals surface area (Å²) in [7, 11) is -3.40. The Kier molecular flexibility index (Phi) is 3.15. The van der Waals surface area contributed by atoms with Crippen LogP contribution < -0.4 is 0 Å². The monoisotopic (exact) mass is 248 g/mol. The maximum absolute atomic E-state index is 12.0. The number of phenolic OH excluding ortho intramolecular Hbond substituents is 1. The first kappa shape index (κ1) is 11.7. The van der Waals surface area contributed by atoms with Crippen LogP contribution in [0.15, 0.2) is 59.5 Å². The van der Waals surface area contributed by atoms with Gasteiger partial charge in [-0.25, -0.2) is 8.42 Å². The third-order valence-electron chi connectivity index (χ3n) is 2.38. The highest BCUT2D eigenvalue weighted by atomic mass is 32.2. The lowest BCUT2D eigenvalue weighted by molar-refractivity contribution is 0.473. The van der Waals surface area contributed by atoms with E-state index in [1.165, 1.54) is 24.3 Å². The van der Waals surface area contributed by atoms with Gasteiger partial charge >= 0.3 is 0 Å². The fraction of sp³-hybridized carbons (Fsp3) is 0.0769. The zero-order valence-corrected chi connectivity index (χ0v) is 9.89. The standard InChI is InChI=1S/C13H12O3S/c14-12-7-4-8-13(9-12)17(15,16)10-11-5-2-1-3-6-11/h1-9,14H,10H2. The number of phenols is 1. The summed E-state index contributed by atoms with van der Waals surface area (Å²) in [5.41, 5.74) is 0.732. The topological polar surface area (TPSA) is 54.4 Å². The second-order valence-corrected chi connectivity index (χ2v) is 5.73. The Balaban J connectivity index is 2.32. The summed E-state index contributed by atoms with van der Waals surface area (Å²) in [5, 5.41) is 9.28. The van der Waals surface area contributed by atoms with Gasteiger partial charge in [-0.05, 0) is 23.8 Å². The van der Waals surface area contributed by atoms with Gasteiger partial charge in [-0.15, -0.1) is 0 Å². The molecule has 17 heavy (non-hydrogen) atoms. The molecular weight excluding hydrogens is 236 g/mol. The number of hydrogen-bond acceptors (Lipinski definition) is 3. The molecule has 0 radical (unpaired) electrons. The molecule has 2 rings (SSSR count). The van der Waals surface area contributed by atoms with E-state index in [1.54, 1.807) is 24.3 Å². The zero-order valence-electron chi connectivity index (χ0n) is 9.08. The highest BCUT2D eigenvalue weighted by molar-refractivity contribution is 7.90. The Morgan fingerprint density at radius 1 is 0.941 bits per heavy atom. The molecule has 88 valence electrons. The second kappa shape index (κ2) is 4.59. The van der Waals surface area contributed by atoms with Crippen molar-refractivity contribution in [2.24, 2.45) is 0 Å². The van der Waals surface area contributed by atoms with Crippen LogP contribution in [0, 0.1) is 0 Å². The highest BCUT2D eigenvalue weighted by Crippen LogP contribution is 2.20. The first-order valence-corrected chi connectivity index (χ1v) is 6.79. The Morgan fingerprint density at radius 3 is 2.29 bits per heavy atom. The van der Waals surface area contributed by atoms with E-state index in [9.17, 15) is 13.5 Å². The van der Waals surface area contributed by atoms with Gasteiger partial charge in [0.2, 0.25) is 0 Å². The molecule has 0 spiro atoms. The number of hydrogen-bond donors (Lipinski definition) is 1. The maximum Gasteiger partial charge on any atom is 0.182 e. The van der Waals surface area contributed by atoms with Crippen molar-refractivity contribution in [2.45, 2.75) is 10.6 Å². The molecule has 0 amide bonds. The molecule has 2 aromatic carbocycles. The van der Waals surface area contributed by atoms with Gasteiger partial charge in [0, 0.05) is 0 Å². The van der Waals surface area contributed by atoms with Crippen LogP contribution in [0.25, 0.3) is 0 Å². The largest absolute Gasteiger partial charge is 0.508 e. The molecule has 0 aliphatic heterocycles. The molecule has 0 unspecified atom stereocenters. The molecule has 0 heterocycles. The summed E-state index contributed by atoms with van der Waals surface area (Å²) in [6.45, 7) is 0. The summed E-state index contributed by atoms with van der Waals surface area (Å²) in [4.78, 5) is 0.140. The fourth-order valence-electron chi connectivity index (χ4n) is 1.55. The normalized spacial score (nSPS) is 11.3. The van der Waals surface area contributed by atoms with E-state index < -0.39 is 9.84 Å². The van der Waals surface area contributed by atoms with Crippen LogP contribution in [0.2, 0.25) is 0 Å². The molecule has 0 fully saturated rings. The Labute approximate surface area is 100 Å². The second-order valence-electron chi connectivity index (χ2n) is 3.74. The van der Waals surface area contributed by atoms with E-state index in [0.29, 0.717) is 0 Å². The van der Waals surface area contributed by atoms with Crippen molar-refractivity contribution in [1.29, 1.82) is 0 Å². The van der Waals surface area contributed by atoms with E-state index in [-0.39, 0.29) is 16.4 Å². The van der Waals surface area contributed by atoms with E-state index >= 15 is 0 Å². The van der Waals surface area contributed by atoms with Crippen molar-refractivity contribution < 1.29 is 13.5 Å². The molecule has 4 heteroatoms. The van der Waals surface area contributed by atoms with Crippen molar-refractivity contribution in [3.63, 3.8) is 0 Å². The van der Waals surface area contributed by atoms with Gasteiger partial charge in [-0.3, -0.25) is 0 Å². The summed E-state index contributed by atoms with van der Waals surface area (Å²) < 4.78 is 24.1. The molecule has 0 saturated heterocycles. The number of sulfone groups is 1. The smallest absolute Gasteiger partial charge is 0.182 e. The summed E-state index contributed by atoms with van der Waals surface area (Å²) in [6, 6.07) is 14.7. The van der Waals surface area contributed by atoms with E-state index in [0.717, 1.165) is 5.56 Å². The molecule has 1 N–H and O–H groups in total. The zero-order chi connectivity index (χ0) is 12.3. The molecule has 3 nitrogen and oxygen atoms in total. The molecule has 0 aliphatic rings. The van der Waals surface area contributed by atoms with Gasteiger partial charge < -0.3 is 5.11 Å². The molecule has 0 saturated carbocycles. The summed E-state index contributed by atoms with van der Waals surface area (Å²) >= 11 is 0. The Hall–Kier alpha value is -1.81. The van der Waals surface area contributed by atoms with Gasteiger partial charge in [-0.2, -0.15) is 0 Å². The van der Waals surface area contributed by atoms with Gasteiger partial charge in [0.05, 0.1) is 10.6 Å². The minimum absolute atomic E-state index is 0.0425. The number of rotatable bonds is 3. The van der Waals surface area contributed by atoms with Crippen molar-refractivity contribution in [1.82, 2.24) is 0 Å². The van der Waals surface area contributed by atoms with Crippen LogP contribution in [-0.4, -0.2) is 13.5 Å². The predicted octanol–water partition coefficient (Wildman–Crippen LogP) is 2.37. The van der Waals surface area contributed by atoms with E-state index in [4.69, 9.17) is 0 Å². The van der Waals surface area contributed by atoms with Crippen LogP contribution in [0.3, 0.4) is 0 Å². The lowest BCUT2D eigenvalue weighted by atomic mass is 10.2. The van der Waals surface area contributed by atoms with Crippen molar-refractivity contribution in [2.75, 3.05) is 0 Å². The lowest BCUT2D eigenvalue weighted by Gasteiger charge is -2.04. The Bertz CT molecular complexity index is 604. The van der Waals surface area contributed by atoms with Gasteiger partial charge in [-0.1, -0.05) is 36.4 Å². The Morgan fingerprint density at radius 2 is 1.65 bits per heavy atom. The first-order valence-electron chi connectivity index (χ1n) is 5.14. The van der Waals surface area contributed by atoms with Gasteiger partial charge in [0.1, 0.15) is 5.75 Å². The van der Waals surface area contributed by atoms with Crippen LogP contribution in [-0.2, 0) is 15.6 Å². The van der Waals surface area contributed by atoms with Crippen molar-refractivity contribution >= 4 is 9.84 Å². The summed E-state index contributed by atoms with van der Waals surface area (Å²) in [5.74, 6) is -0.101. The van der Waals surface area contributed by atoms with Crippen LogP contribution in [0.5, 0.6) is 5.75 Å². The molecular formula is C13H12O3S. The molecule has 0 atom stereocenters. The molecule has 0 aliphatic carbocycles. The van der Waals surface area contributed by atoms with E-state index in [2.05, 4.69) is 0 Å². The SMILES string of the molecule is O=S(=O)(Cc1ccccc1)c1cccc(O)c1. The predicted molar refractivity (Wildman–Crippen MR) is 65.4 cm³/mol. The first-order chi connectivity index (χ1) is 8.08. The van der Waals surface area contributed by atoms with E-state index in [1.807, 2.05) is 6.07 Å². The third-order valence-corrected chi connectivity index (χ3v) is 4.06. The molecule has 0 bridgehead atoms. The quantitative estimate of drug-likeness (QED) is 0.907. The number of benzene rings is 2. The van der Waals surface area contributed by atoms with Crippen molar-refractivity contribution in [3.8, 4) is 5.75 Å². The highest BCUT2D eigenvalue weighted by Gasteiger charge is 2.15. The average molecular weight is 248 g/mol. The maximum atomic E-state index is 12.0. The van der Waals surface area contributed by atoms with Gasteiger partial charge in [0.25, 0.3) is 0 Å². The van der Waals surface area contributed by atoms with Crippen molar-refractivity contribution in [3.05, 3.63) is 60.2 Å².